The number of aromatic nitrogens is 2. The van der Waals surface area contributed by atoms with Gasteiger partial charge in [-0.3, -0.25) is 9.78 Å². The lowest BCUT2D eigenvalue weighted by atomic mass is 9.95. The molecule has 0 saturated heterocycles. The predicted octanol–water partition coefficient (Wildman–Crippen LogP) is 4.27. The van der Waals surface area contributed by atoms with Crippen LogP contribution in [-0.2, 0) is 14.8 Å². The summed E-state index contributed by atoms with van der Waals surface area (Å²) in [5.41, 5.74) is 1.29. The van der Waals surface area contributed by atoms with Crippen molar-refractivity contribution in [1.82, 2.24) is 14.3 Å². The number of amides is 1. The monoisotopic (exact) mass is 458 g/mol. The summed E-state index contributed by atoms with van der Waals surface area (Å²) in [7, 11) is -3.92. The molecule has 2 heterocycles. The van der Waals surface area contributed by atoms with Gasteiger partial charge in [-0.2, -0.15) is 4.31 Å². The number of aryl methyl sites for hydroxylation is 2. The lowest BCUT2D eigenvalue weighted by Crippen LogP contribution is -2.45. The first-order valence-corrected chi connectivity index (χ1v) is 12.7. The summed E-state index contributed by atoms with van der Waals surface area (Å²) in [4.78, 5) is 22.7. The Kier molecular flexibility index (Phi) is 6.36. The summed E-state index contributed by atoms with van der Waals surface area (Å²) < 4.78 is 28.9. The van der Waals surface area contributed by atoms with Crippen molar-refractivity contribution in [2.75, 3.05) is 11.9 Å². The fourth-order valence-electron chi connectivity index (χ4n) is 4.02. The molecule has 2 aromatic heterocycles. The van der Waals surface area contributed by atoms with Gasteiger partial charge in [0.15, 0.2) is 5.13 Å². The van der Waals surface area contributed by atoms with E-state index in [0.29, 0.717) is 10.6 Å². The molecule has 164 valence electrons. The van der Waals surface area contributed by atoms with Gasteiger partial charge in [0.1, 0.15) is 4.90 Å². The minimum atomic E-state index is -3.92. The van der Waals surface area contributed by atoms with Crippen LogP contribution in [0.4, 0.5) is 5.13 Å². The number of rotatable bonds is 6. The molecule has 0 aliphatic heterocycles. The number of carbonyl (C=O) groups is 1. The van der Waals surface area contributed by atoms with Gasteiger partial charge in [-0.15, -0.1) is 11.3 Å². The zero-order valence-electron chi connectivity index (χ0n) is 17.7. The fraction of sp³-hybridized carbons (Fsp3) is 0.409. The Morgan fingerprint density at radius 1 is 1.16 bits per heavy atom. The minimum absolute atomic E-state index is 0.143. The molecule has 9 heteroatoms. The van der Waals surface area contributed by atoms with E-state index < -0.39 is 10.0 Å². The van der Waals surface area contributed by atoms with Crippen LogP contribution in [-0.4, -0.2) is 41.2 Å². The van der Waals surface area contributed by atoms with Crippen LogP contribution in [0, 0.1) is 13.8 Å². The average Bonchev–Trinajstić information content (AvgIpc) is 3.08. The Balaban J connectivity index is 1.67. The Hall–Kier alpha value is -2.36. The first-order chi connectivity index (χ1) is 14.9. The zero-order valence-corrected chi connectivity index (χ0v) is 19.3. The second-order valence-corrected chi connectivity index (χ2v) is 10.9. The highest BCUT2D eigenvalue weighted by atomic mass is 32.2. The van der Waals surface area contributed by atoms with Gasteiger partial charge in [0.05, 0.1) is 17.8 Å². The van der Waals surface area contributed by atoms with Gasteiger partial charge in [0.25, 0.3) is 0 Å². The Bertz CT molecular complexity index is 1180. The smallest absolute Gasteiger partial charge is 0.245 e. The van der Waals surface area contributed by atoms with Crippen LogP contribution in [0.25, 0.3) is 10.9 Å². The molecule has 1 aliphatic carbocycles. The zero-order chi connectivity index (χ0) is 22.0. The molecule has 3 aromatic rings. The number of nitrogens with one attached hydrogen (secondary N) is 1. The molecule has 1 fully saturated rings. The number of pyridine rings is 1. The number of fused-ring (bicyclic) bond motifs is 1. The quantitative estimate of drug-likeness (QED) is 0.595. The van der Waals surface area contributed by atoms with E-state index in [0.717, 1.165) is 48.1 Å². The van der Waals surface area contributed by atoms with Crippen LogP contribution in [0.15, 0.2) is 41.4 Å². The summed E-state index contributed by atoms with van der Waals surface area (Å²) in [5.74, 6) is -0.379. The van der Waals surface area contributed by atoms with E-state index in [1.807, 2.05) is 26.0 Å². The van der Waals surface area contributed by atoms with Gasteiger partial charge in [0.2, 0.25) is 15.9 Å². The normalized spacial score (nSPS) is 15.5. The number of nitrogens with zero attached hydrogens (tertiary/aromatic N) is 3. The number of anilines is 1. The maximum atomic E-state index is 13.8. The Labute approximate surface area is 186 Å². The largest absolute Gasteiger partial charge is 0.301 e. The first-order valence-electron chi connectivity index (χ1n) is 10.5. The summed E-state index contributed by atoms with van der Waals surface area (Å²) in [6.45, 7) is 3.58. The molecule has 0 radical (unpaired) electrons. The van der Waals surface area contributed by atoms with Crippen molar-refractivity contribution >= 4 is 43.3 Å². The van der Waals surface area contributed by atoms with Gasteiger partial charge in [-0.25, -0.2) is 13.4 Å². The molecule has 1 saturated carbocycles. The number of thiazole rings is 1. The second-order valence-electron chi connectivity index (χ2n) is 7.88. The molecule has 0 atom stereocenters. The maximum Gasteiger partial charge on any atom is 0.245 e. The van der Waals surface area contributed by atoms with Gasteiger partial charge >= 0.3 is 0 Å². The number of hydrogen-bond donors (Lipinski definition) is 1. The van der Waals surface area contributed by atoms with Crippen LogP contribution in [0.3, 0.4) is 0 Å². The molecule has 0 bridgehead atoms. The molecule has 1 amide bonds. The molecule has 31 heavy (non-hydrogen) atoms. The molecule has 4 rings (SSSR count). The molecular weight excluding hydrogens is 432 g/mol. The second kappa shape index (κ2) is 9.02. The number of hydrogen-bond acceptors (Lipinski definition) is 6. The highest BCUT2D eigenvalue weighted by Crippen LogP contribution is 2.30. The molecule has 0 unspecified atom stereocenters. The third kappa shape index (κ3) is 4.63. The van der Waals surface area contributed by atoms with E-state index in [9.17, 15) is 13.2 Å². The maximum absolute atomic E-state index is 13.8. The predicted molar refractivity (Wildman–Crippen MR) is 123 cm³/mol. The van der Waals surface area contributed by atoms with Crippen molar-refractivity contribution in [3.05, 3.63) is 47.1 Å². The topological polar surface area (TPSA) is 92.3 Å². The van der Waals surface area contributed by atoms with E-state index in [1.54, 1.807) is 24.4 Å². The van der Waals surface area contributed by atoms with Crippen molar-refractivity contribution in [3.63, 3.8) is 0 Å². The highest BCUT2D eigenvalue weighted by molar-refractivity contribution is 7.89. The van der Waals surface area contributed by atoms with Gasteiger partial charge in [0, 0.05) is 22.5 Å². The Morgan fingerprint density at radius 2 is 1.90 bits per heavy atom. The number of para-hydroxylation sites is 1. The fourth-order valence-corrected chi connectivity index (χ4v) is 6.66. The number of sulfonamides is 1. The van der Waals surface area contributed by atoms with Crippen molar-refractivity contribution < 1.29 is 13.2 Å². The third-order valence-electron chi connectivity index (χ3n) is 5.74. The summed E-state index contributed by atoms with van der Waals surface area (Å²) in [6.07, 6.45) is 6.09. The third-order valence-corrected chi connectivity index (χ3v) is 8.66. The molecular formula is C22H26N4O3S2. The van der Waals surface area contributed by atoms with Crippen LogP contribution in [0.2, 0.25) is 0 Å². The van der Waals surface area contributed by atoms with Gasteiger partial charge < -0.3 is 5.32 Å². The molecule has 1 aromatic carbocycles. The van der Waals surface area contributed by atoms with E-state index in [1.165, 1.54) is 15.6 Å². The van der Waals surface area contributed by atoms with Crippen LogP contribution in [0.5, 0.6) is 0 Å². The van der Waals surface area contributed by atoms with Crippen LogP contribution >= 0.6 is 11.3 Å². The molecule has 1 aliphatic rings. The minimum Gasteiger partial charge on any atom is -0.301 e. The van der Waals surface area contributed by atoms with E-state index in [-0.39, 0.29) is 23.4 Å². The summed E-state index contributed by atoms with van der Waals surface area (Å²) in [5, 5.41) is 4.03. The van der Waals surface area contributed by atoms with Crippen molar-refractivity contribution in [1.29, 1.82) is 0 Å². The van der Waals surface area contributed by atoms with Crippen molar-refractivity contribution in [2.24, 2.45) is 0 Å². The number of carbonyl (C=O) groups excluding carboxylic acids is 1. The molecule has 1 N–H and O–H groups in total. The molecule has 0 spiro atoms. The lowest BCUT2D eigenvalue weighted by Gasteiger charge is -2.33. The van der Waals surface area contributed by atoms with Crippen LogP contribution < -0.4 is 5.32 Å². The summed E-state index contributed by atoms with van der Waals surface area (Å²) in [6, 6.07) is 8.55. The van der Waals surface area contributed by atoms with E-state index in [4.69, 9.17) is 0 Å². The average molecular weight is 459 g/mol. The first kappa shape index (κ1) is 21.9. The van der Waals surface area contributed by atoms with E-state index >= 15 is 0 Å². The summed E-state index contributed by atoms with van der Waals surface area (Å²) >= 11 is 1.39. The lowest BCUT2D eigenvalue weighted by molar-refractivity contribution is -0.116. The highest BCUT2D eigenvalue weighted by Gasteiger charge is 2.35. The number of benzene rings is 1. The van der Waals surface area contributed by atoms with Gasteiger partial charge in [-0.1, -0.05) is 37.5 Å². The SMILES string of the molecule is Cc1nc(NC(=O)CN(C2CCCCC2)S(=O)(=O)c2cccc3cccnc23)sc1C. The standard InChI is InChI=1S/C22H26N4O3S2/c1-15-16(2)30-22(24-15)25-20(27)14-26(18-10-4-3-5-11-18)31(28,29)19-12-6-8-17-9-7-13-23-21(17)19/h6-9,12-13,18H,3-5,10-11,14H2,1-2H3,(H,24,25,27). The van der Waals surface area contributed by atoms with E-state index in [2.05, 4.69) is 15.3 Å². The van der Waals surface area contributed by atoms with Crippen molar-refractivity contribution in [2.45, 2.75) is 56.9 Å². The Morgan fingerprint density at radius 3 is 2.61 bits per heavy atom. The van der Waals surface area contributed by atoms with Crippen molar-refractivity contribution in [3.8, 4) is 0 Å². The molecule has 7 nitrogen and oxygen atoms in total. The van der Waals surface area contributed by atoms with Gasteiger partial charge in [-0.05, 0) is 38.8 Å². The van der Waals surface area contributed by atoms with Crippen LogP contribution in [0.1, 0.15) is 42.7 Å².